The summed E-state index contributed by atoms with van der Waals surface area (Å²) in [5, 5.41) is 3.51. The third-order valence-electron chi connectivity index (χ3n) is 4.09. The van der Waals surface area contributed by atoms with Gasteiger partial charge in [0.2, 0.25) is 5.89 Å². The zero-order chi connectivity index (χ0) is 18.1. The van der Waals surface area contributed by atoms with Gasteiger partial charge in [-0.15, -0.1) is 0 Å². The van der Waals surface area contributed by atoms with Crippen molar-refractivity contribution in [1.82, 2.24) is 9.97 Å². The highest BCUT2D eigenvalue weighted by atomic mass is 35.5. The average Bonchev–Trinajstić information content (AvgIpc) is 3.07. The summed E-state index contributed by atoms with van der Waals surface area (Å²) in [7, 11) is 0. The molecule has 0 radical (unpaired) electrons. The standard InChI is InChI=1S/C20H14ClN3O2/c1-12-15(20-24-17-10-14(21)7-8-18(17)26-20)5-2-6-16(12)23-19(25)13-4-3-9-22-11-13/h2-11H,1H3,(H,23,25). The molecule has 0 aliphatic carbocycles. The van der Waals surface area contributed by atoms with E-state index in [1.54, 1.807) is 36.5 Å². The van der Waals surface area contributed by atoms with Crippen LogP contribution in [-0.4, -0.2) is 15.9 Å². The van der Waals surface area contributed by atoms with Gasteiger partial charge in [-0.05, 0) is 55.0 Å². The molecule has 0 unspecified atom stereocenters. The summed E-state index contributed by atoms with van der Waals surface area (Å²) in [6, 6.07) is 14.3. The van der Waals surface area contributed by atoms with E-state index in [0.29, 0.717) is 33.3 Å². The van der Waals surface area contributed by atoms with E-state index >= 15 is 0 Å². The zero-order valence-electron chi connectivity index (χ0n) is 13.9. The number of pyridine rings is 1. The van der Waals surface area contributed by atoms with Gasteiger partial charge in [-0.1, -0.05) is 17.7 Å². The van der Waals surface area contributed by atoms with E-state index in [-0.39, 0.29) is 5.91 Å². The minimum Gasteiger partial charge on any atom is -0.436 e. The minimum absolute atomic E-state index is 0.220. The highest BCUT2D eigenvalue weighted by molar-refractivity contribution is 6.31. The Hall–Kier alpha value is -3.18. The zero-order valence-corrected chi connectivity index (χ0v) is 14.6. The van der Waals surface area contributed by atoms with Crippen molar-refractivity contribution < 1.29 is 9.21 Å². The average molecular weight is 364 g/mol. The topological polar surface area (TPSA) is 68.0 Å². The summed E-state index contributed by atoms with van der Waals surface area (Å²) in [6.45, 7) is 1.91. The second kappa shape index (κ2) is 6.61. The molecule has 0 atom stereocenters. The van der Waals surface area contributed by atoms with E-state index in [1.807, 2.05) is 25.1 Å². The minimum atomic E-state index is -0.220. The maximum atomic E-state index is 12.4. The quantitative estimate of drug-likeness (QED) is 0.549. The number of hydrogen-bond donors (Lipinski definition) is 1. The molecule has 128 valence electrons. The summed E-state index contributed by atoms with van der Waals surface area (Å²) in [5.74, 6) is 0.264. The fraction of sp³-hybridized carbons (Fsp3) is 0.0500. The van der Waals surface area contributed by atoms with Crippen LogP contribution in [0.5, 0.6) is 0 Å². The highest BCUT2D eigenvalue weighted by Crippen LogP contribution is 2.31. The van der Waals surface area contributed by atoms with Crippen LogP contribution in [0.3, 0.4) is 0 Å². The molecule has 0 aliphatic rings. The molecule has 0 aliphatic heterocycles. The van der Waals surface area contributed by atoms with Gasteiger partial charge in [0, 0.05) is 28.7 Å². The van der Waals surface area contributed by atoms with Crippen LogP contribution < -0.4 is 5.32 Å². The lowest BCUT2D eigenvalue weighted by molar-refractivity contribution is 0.102. The Labute approximate surface area is 154 Å². The van der Waals surface area contributed by atoms with E-state index < -0.39 is 0 Å². The van der Waals surface area contributed by atoms with Gasteiger partial charge in [-0.3, -0.25) is 9.78 Å². The first-order valence-corrected chi connectivity index (χ1v) is 8.37. The van der Waals surface area contributed by atoms with Gasteiger partial charge in [-0.25, -0.2) is 4.98 Å². The number of benzene rings is 2. The fourth-order valence-electron chi connectivity index (χ4n) is 2.71. The number of rotatable bonds is 3. The predicted molar refractivity (Wildman–Crippen MR) is 101 cm³/mol. The van der Waals surface area contributed by atoms with Crippen molar-refractivity contribution in [2.24, 2.45) is 0 Å². The smallest absolute Gasteiger partial charge is 0.257 e. The number of fused-ring (bicyclic) bond motifs is 1. The molecule has 6 heteroatoms. The number of carbonyl (C=O) groups excluding carboxylic acids is 1. The van der Waals surface area contributed by atoms with Crippen LogP contribution in [-0.2, 0) is 0 Å². The molecule has 0 saturated heterocycles. The molecular weight excluding hydrogens is 350 g/mol. The van der Waals surface area contributed by atoms with Crippen LogP contribution in [0, 0.1) is 6.92 Å². The Balaban J connectivity index is 1.70. The first kappa shape index (κ1) is 16.3. The molecule has 0 bridgehead atoms. The van der Waals surface area contributed by atoms with Crippen molar-refractivity contribution in [3.8, 4) is 11.5 Å². The van der Waals surface area contributed by atoms with Gasteiger partial charge in [0.1, 0.15) is 5.52 Å². The molecule has 2 aromatic heterocycles. The number of amides is 1. The lowest BCUT2D eigenvalue weighted by Gasteiger charge is -2.10. The van der Waals surface area contributed by atoms with Gasteiger partial charge >= 0.3 is 0 Å². The number of carbonyl (C=O) groups is 1. The Morgan fingerprint density at radius 1 is 1.15 bits per heavy atom. The monoisotopic (exact) mass is 363 g/mol. The number of aromatic nitrogens is 2. The van der Waals surface area contributed by atoms with Gasteiger partial charge in [0.25, 0.3) is 5.91 Å². The van der Waals surface area contributed by atoms with E-state index in [2.05, 4.69) is 15.3 Å². The van der Waals surface area contributed by atoms with E-state index in [4.69, 9.17) is 16.0 Å². The summed E-state index contributed by atoms with van der Waals surface area (Å²) >= 11 is 6.01. The van der Waals surface area contributed by atoms with Crippen molar-refractivity contribution >= 4 is 34.3 Å². The second-order valence-electron chi connectivity index (χ2n) is 5.81. The van der Waals surface area contributed by atoms with Crippen LogP contribution in [0.15, 0.2) is 65.3 Å². The third-order valence-corrected chi connectivity index (χ3v) is 4.32. The molecule has 0 spiro atoms. The summed E-state index contributed by atoms with van der Waals surface area (Å²) < 4.78 is 5.84. The Bertz CT molecular complexity index is 1110. The van der Waals surface area contributed by atoms with Crippen molar-refractivity contribution in [3.63, 3.8) is 0 Å². The molecule has 2 aromatic carbocycles. The molecule has 4 aromatic rings. The summed E-state index contributed by atoms with van der Waals surface area (Å²) in [5.41, 5.74) is 4.21. The normalized spacial score (nSPS) is 10.8. The number of nitrogens with zero attached hydrogens (tertiary/aromatic N) is 2. The lowest BCUT2D eigenvalue weighted by atomic mass is 10.1. The van der Waals surface area contributed by atoms with Gasteiger partial charge in [-0.2, -0.15) is 0 Å². The van der Waals surface area contributed by atoms with Crippen LogP contribution in [0.1, 0.15) is 15.9 Å². The van der Waals surface area contributed by atoms with Crippen LogP contribution in [0.2, 0.25) is 5.02 Å². The predicted octanol–water partition coefficient (Wildman–Crippen LogP) is 5.10. The molecule has 1 N–H and O–H groups in total. The molecule has 0 fully saturated rings. The lowest BCUT2D eigenvalue weighted by Crippen LogP contribution is -2.13. The molecule has 4 rings (SSSR count). The number of anilines is 1. The van der Waals surface area contributed by atoms with E-state index in [9.17, 15) is 4.79 Å². The number of oxazole rings is 1. The fourth-order valence-corrected chi connectivity index (χ4v) is 2.88. The highest BCUT2D eigenvalue weighted by Gasteiger charge is 2.15. The van der Waals surface area contributed by atoms with Gasteiger partial charge < -0.3 is 9.73 Å². The van der Waals surface area contributed by atoms with E-state index in [0.717, 1.165) is 11.1 Å². The van der Waals surface area contributed by atoms with Crippen molar-refractivity contribution in [3.05, 3.63) is 77.1 Å². The molecule has 0 saturated carbocycles. The molecule has 2 heterocycles. The Kier molecular flexibility index (Phi) is 4.14. The first-order chi connectivity index (χ1) is 12.6. The van der Waals surface area contributed by atoms with Crippen LogP contribution in [0.4, 0.5) is 5.69 Å². The maximum Gasteiger partial charge on any atom is 0.257 e. The number of halogens is 1. The molecule has 26 heavy (non-hydrogen) atoms. The summed E-state index contributed by atoms with van der Waals surface area (Å²) in [4.78, 5) is 20.9. The Morgan fingerprint density at radius 2 is 2.04 bits per heavy atom. The summed E-state index contributed by atoms with van der Waals surface area (Å²) in [6.07, 6.45) is 3.15. The van der Waals surface area contributed by atoms with Gasteiger partial charge in [0.15, 0.2) is 5.58 Å². The maximum absolute atomic E-state index is 12.4. The van der Waals surface area contributed by atoms with Crippen LogP contribution in [0.25, 0.3) is 22.6 Å². The molecule has 5 nitrogen and oxygen atoms in total. The number of hydrogen-bond acceptors (Lipinski definition) is 4. The first-order valence-electron chi connectivity index (χ1n) is 7.99. The Morgan fingerprint density at radius 3 is 2.85 bits per heavy atom. The molecular formula is C20H14ClN3O2. The van der Waals surface area contributed by atoms with E-state index in [1.165, 1.54) is 6.20 Å². The SMILES string of the molecule is Cc1c(NC(=O)c2cccnc2)cccc1-c1nc2cc(Cl)ccc2o1. The van der Waals surface area contributed by atoms with Crippen LogP contribution >= 0.6 is 11.6 Å². The van der Waals surface area contributed by atoms with Crippen molar-refractivity contribution in [2.75, 3.05) is 5.32 Å². The second-order valence-corrected chi connectivity index (χ2v) is 6.24. The van der Waals surface area contributed by atoms with Crippen molar-refractivity contribution in [2.45, 2.75) is 6.92 Å². The van der Waals surface area contributed by atoms with Crippen molar-refractivity contribution in [1.29, 1.82) is 0 Å². The largest absolute Gasteiger partial charge is 0.436 e. The number of nitrogens with one attached hydrogen (secondary N) is 1. The molecule has 1 amide bonds. The van der Waals surface area contributed by atoms with Gasteiger partial charge in [0.05, 0.1) is 5.56 Å². The third kappa shape index (κ3) is 3.05.